The average Bonchev–Trinajstić information content (AvgIpc) is 2.48. The topological polar surface area (TPSA) is 38.3 Å². The number of rotatable bonds is 6. The van der Waals surface area contributed by atoms with E-state index in [0.717, 1.165) is 5.69 Å². The van der Waals surface area contributed by atoms with Crippen LogP contribution in [-0.2, 0) is 11.2 Å². The number of carbonyl (C=O) groups is 1. The van der Waals surface area contributed by atoms with Gasteiger partial charge in [0.05, 0.1) is 13.7 Å². The maximum Gasteiger partial charge on any atom is 0.168 e. The van der Waals surface area contributed by atoms with Crippen LogP contribution in [0.2, 0.25) is 0 Å². The van der Waals surface area contributed by atoms with Crippen molar-refractivity contribution in [2.75, 3.05) is 19.0 Å². The summed E-state index contributed by atoms with van der Waals surface area (Å²) in [6, 6.07) is 14.2. The third-order valence-corrected chi connectivity index (χ3v) is 2.91. The van der Waals surface area contributed by atoms with E-state index in [4.69, 9.17) is 4.74 Å². The number of benzene rings is 2. The Balaban J connectivity index is 1.95. The van der Waals surface area contributed by atoms with Crippen LogP contribution in [0.15, 0.2) is 48.5 Å². The van der Waals surface area contributed by atoms with Crippen molar-refractivity contribution >= 4 is 11.5 Å². The van der Waals surface area contributed by atoms with Gasteiger partial charge in [0.25, 0.3) is 0 Å². The van der Waals surface area contributed by atoms with E-state index in [2.05, 4.69) is 5.32 Å². The molecular formula is C16H16FNO2. The first-order valence-corrected chi connectivity index (χ1v) is 6.32. The Morgan fingerprint density at radius 2 is 1.90 bits per heavy atom. The van der Waals surface area contributed by atoms with Gasteiger partial charge in [-0.1, -0.05) is 30.3 Å². The van der Waals surface area contributed by atoms with Crippen molar-refractivity contribution in [3.63, 3.8) is 0 Å². The predicted molar refractivity (Wildman–Crippen MR) is 76.6 cm³/mol. The molecule has 0 bridgehead atoms. The molecular weight excluding hydrogens is 257 g/mol. The zero-order valence-corrected chi connectivity index (χ0v) is 11.2. The van der Waals surface area contributed by atoms with Crippen LogP contribution in [0.5, 0.6) is 5.75 Å². The normalized spacial score (nSPS) is 10.1. The van der Waals surface area contributed by atoms with Crippen molar-refractivity contribution in [3.8, 4) is 5.75 Å². The first-order chi connectivity index (χ1) is 9.70. The number of para-hydroxylation sites is 1. The lowest BCUT2D eigenvalue weighted by molar-refractivity contribution is -0.116. The highest BCUT2D eigenvalue weighted by molar-refractivity contribution is 5.85. The Hall–Kier alpha value is -2.36. The molecule has 4 heteroatoms. The molecule has 0 aliphatic carbocycles. The van der Waals surface area contributed by atoms with Crippen molar-refractivity contribution in [1.29, 1.82) is 0 Å². The van der Waals surface area contributed by atoms with Gasteiger partial charge in [0, 0.05) is 12.1 Å². The molecule has 20 heavy (non-hydrogen) atoms. The van der Waals surface area contributed by atoms with Crippen molar-refractivity contribution in [2.45, 2.75) is 6.42 Å². The third-order valence-electron chi connectivity index (χ3n) is 2.91. The van der Waals surface area contributed by atoms with Gasteiger partial charge in [-0.15, -0.1) is 0 Å². The number of methoxy groups -OCH3 is 1. The molecule has 0 amide bonds. The number of carbonyl (C=O) groups excluding carboxylic acids is 1. The average molecular weight is 273 g/mol. The van der Waals surface area contributed by atoms with Gasteiger partial charge in [-0.25, -0.2) is 4.39 Å². The third kappa shape index (κ3) is 3.57. The summed E-state index contributed by atoms with van der Waals surface area (Å²) in [5.41, 5.74) is 1.22. The molecule has 0 radical (unpaired) electrons. The first kappa shape index (κ1) is 14.1. The fourth-order valence-corrected chi connectivity index (χ4v) is 1.88. The van der Waals surface area contributed by atoms with Crippen LogP contribution in [0.25, 0.3) is 0 Å². The summed E-state index contributed by atoms with van der Waals surface area (Å²) in [6.45, 7) is 0.167. The van der Waals surface area contributed by atoms with Crippen LogP contribution in [0, 0.1) is 5.82 Å². The molecule has 2 aromatic carbocycles. The molecule has 0 atom stereocenters. The fourth-order valence-electron chi connectivity index (χ4n) is 1.88. The highest BCUT2D eigenvalue weighted by atomic mass is 19.1. The molecule has 3 nitrogen and oxygen atoms in total. The van der Waals surface area contributed by atoms with Crippen molar-refractivity contribution in [2.24, 2.45) is 0 Å². The van der Waals surface area contributed by atoms with Crippen LogP contribution in [0.1, 0.15) is 5.56 Å². The summed E-state index contributed by atoms with van der Waals surface area (Å²) in [4.78, 5) is 11.9. The second-order valence-electron chi connectivity index (χ2n) is 4.37. The molecule has 0 spiro atoms. The Morgan fingerprint density at radius 1 is 1.15 bits per heavy atom. The number of hydrogen-bond donors (Lipinski definition) is 1. The number of hydrogen-bond acceptors (Lipinski definition) is 3. The summed E-state index contributed by atoms with van der Waals surface area (Å²) in [5.74, 6) is -0.393. The lowest BCUT2D eigenvalue weighted by atomic mass is 10.1. The maximum absolute atomic E-state index is 13.9. The van der Waals surface area contributed by atoms with Gasteiger partial charge in [0.15, 0.2) is 17.3 Å². The molecule has 0 unspecified atom stereocenters. The van der Waals surface area contributed by atoms with E-state index in [9.17, 15) is 9.18 Å². The number of anilines is 1. The summed E-state index contributed by atoms with van der Waals surface area (Å²) < 4.78 is 18.8. The molecule has 0 saturated heterocycles. The first-order valence-electron chi connectivity index (χ1n) is 6.32. The molecule has 0 heterocycles. The molecule has 0 aromatic heterocycles. The van der Waals surface area contributed by atoms with Gasteiger partial charge in [-0.05, 0) is 23.8 Å². The van der Waals surface area contributed by atoms with Gasteiger partial charge < -0.3 is 10.1 Å². The van der Waals surface area contributed by atoms with Gasteiger partial charge in [0.1, 0.15) is 0 Å². The lowest BCUT2D eigenvalue weighted by Crippen LogP contribution is -2.16. The molecule has 0 saturated carbocycles. The molecule has 0 aliphatic rings. The Bertz CT molecular complexity index is 584. The molecule has 0 aliphatic heterocycles. The van der Waals surface area contributed by atoms with E-state index in [-0.39, 0.29) is 24.5 Å². The minimum Gasteiger partial charge on any atom is -0.494 e. The fraction of sp³-hybridized carbons (Fsp3) is 0.188. The standard InChI is InChI=1S/C16H16FNO2/c1-20-15-9-5-6-12(16(15)17)10-14(19)11-18-13-7-3-2-4-8-13/h2-9,18H,10-11H2,1H3. The van der Waals surface area contributed by atoms with E-state index in [1.807, 2.05) is 30.3 Å². The van der Waals surface area contributed by atoms with Gasteiger partial charge in [-0.3, -0.25) is 4.79 Å². The van der Waals surface area contributed by atoms with E-state index >= 15 is 0 Å². The van der Waals surface area contributed by atoms with Gasteiger partial charge in [0.2, 0.25) is 0 Å². The van der Waals surface area contributed by atoms with Crippen molar-refractivity contribution in [3.05, 3.63) is 59.9 Å². The summed E-state index contributed by atoms with van der Waals surface area (Å²) in [5, 5.41) is 3.01. The van der Waals surface area contributed by atoms with E-state index in [1.54, 1.807) is 12.1 Å². The number of halogens is 1. The second kappa shape index (κ2) is 6.70. The minimum absolute atomic E-state index is 0.0445. The number of ether oxygens (including phenoxy) is 1. The van der Waals surface area contributed by atoms with Crippen LogP contribution < -0.4 is 10.1 Å². The van der Waals surface area contributed by atoms with Gasteiger partial charge in [-0.2, -0.15) is 0 Å². The molecule has 104 valence electrons. The molecule has 0 fully saturated rings. The lowest BCUT2D eigenvalue weighted by Gasteiger charge is -2.08. The molecule has 2 aromatic rings. The van der Waals surface area contributed by atoms with Crippen molar-refractivity contribution in [1.82, 2.24) is 0 Å². The monoisotopic (exact) mass is 273 g/mol. The quantitative estimate of drug-likeness (QED) is 0.879. The highest BCUT2D eigenvalue weighted by Crippen LogP contribution is 2.20. The smallest absolute Gasteiger partial charge is 0.168 e. The summed E-state index contributed by atoms with van der Waals surface area (Å²) in [7, 11) is 1.40. The van der Waals surface area contributed by atoms with Gasteiger partial charge >= 0.3 is 0 Å². The molecule has 1 N–H and O–H groups in total. The van der Waals surface area contributed by atoms with Crippen molar-refractivity contribution < 1.29 is 13.9 Å². The zero-order chi connectivity index (χ0) is 14.4. The Labute approximate surface area is 117 Å². The highest BCUT2D eigenvalue weighted by Gasteiger charge is 2.11. The van der Waals surface area contributed by atoms with Crippen LogP contribution in [-0.4, -0.2) is 19.4 Å². The maximum atomic E-state index is 13.9. The van der Waals surface area contributed by atoms with E-state index in [1.165, 1.54) is 13.2 Å². The summed E-state index contributed by atoms with van der Waals surface area (Å²) >= 11 is 0. The largest absolute Gasteiger partial charge is 0.494 e. The Morgan fingerprint density at radius 3 is 2.60 bits per heavy atom. The number of ketones is 1. The number of nitrogens with one attached hydrogen (secondary N) is 1. The summed E-state index contributed by atoms with van der Waals surface area (Å²) in [6.07, 6.45) is 0.0445. The van der Waals surface area contributed by atoms with E-state index < -0.39 is 5.82 Å². The Kier molecular flexibility index (Phi) is 4.71. The minimum atomic E-state index is -0.469. The van der Waals surface area contributed by atoms with E-state index in [0.29, 0.717) is 5.56 Å². The number of Topliss-reactive ketones (excluding diaryl/α,β-unsaturated/α-hetero) is 1. The van der Waals surface area contributed by atoms with Crippen LogP contribution in [0.3, 0.4) is 0 Å². The second-order valence-corrected chi connectivity index (χ2v) is 4.37. The zero-order valence-electron chi connectivity index (χ0n) is 11.2. The van der Waals surface area contributed by atoms with Crippen LogP contribution >= 0.6 is 0 Å². The van der Waals surface area contributed by atoms with Crippen LogP contribution in [0.4, 0.5) is 10.1 Å². The SMILES string of the molecule is COc1cccc(CC(=O)CNc2ccccc2)c1F. The molecule has 2 rings (SSSR count). The predicted octanol–water partition coefficient (Wildman–Crippen LogP) is 3.06.